The lowest BCUT2D eigenvalue weighted by Gasteiger charge is -2.20. The molecule has 1 aromatic heterocycles. The lowest BCUT2D eigenvalue weighted by Crippen LogP contribution is -2.38. The first-order valence-electron chi connectivity index (χ1n) is 8.01. The monoisotopic (exact) mass is 314 g/mol. The van der Waals surface area contributed by atoms with Gasteiger partial charge in [-0.15, -0.1) is 11.3 Å². The maximum Gasteiger partial charge on any atom is 0.226 e. The minimum Gasteiger partial charge on any atom is -0.353 e. The van der Waals surface area contributed by atoms with Gasteiger partial charge >= 0.3 is 0 Å². The zero-order valence-corrected chi connectivity index (χ0v) is 13.7. The molecule has 1 amide bonds. The molecular formula is C18H22N2OS. The van der Waals surface area contributed by atoms with Crippen molar-refractivity contribution < 1.29 is 4.79 Å². The van der Waals surface area contributed by atoms with Gasteiger partial charge in [0.05, 0.1) is 12.1 Å². The summed E-state index contributed by atoms with van der Waals surface area (Å²) in [6, 6.07) is 10.4. The average molecular weight is 314 g/mol. The van der Waals surface area contributed by atoms with Crippen molar-refractivity contribution in [2.24, 2.45) is 5.92 Å². The molecule has 1 atom stereocenters. The molecular weight excluding hydrogens is 292 g/mol. The van der Waals surface area contributed by atoms with Gasteiger partial charge in [-0.25, -0.2) is 4.98 Å². The highest BCUT2D eigenvalue weighted by Gasteiger charge is 2.22. The van der Waals surface area contributed by atoms with Crippen LogP contribution < -0.4 is 5.32 Å². The first kappa shape index (κ1) is 15.2. The van der Waals surface area contributed by atoms with Crippen LogP contribution in [0.1, 0.15) is 38.3 Å². The Bertz CT molecular complexity index is 617. The van der Waals surface area contributed by atoms with E-state index in [4.69, 9.17) is 0 Å². The van der Waals surface area contributed by atoms with Crippen molar-refractivity contribution in [2.75, 3.05) is 0 Å². The van der Waals surface area contributed by atoms with Gasteiger partial charge in [-0.2, -0.15) is 0 Å². The topological polar surface area (TPSA) is 42.0 Å². The summed E-state index contributed by atoms with van der Waals surface area (Å²) in [5, 5.41) is 6.11. The van der Waals surface area contributed by atoms with Gasteiger partial charge < -0.3 is 5.32 Å². The molecule has 4 heteroatoms. The molecule has 0 aliphatic heterocycles. The predicted molar refractivity (Wildman–Crippen MR) is 90.8 cm³/mol. The molecule has 116 valence electrons. The fourth-order valence-electron chi connectivity index (χ4n) is 3.15. The molecule has 0 spiro atoms. The van der Waals surface area contributed by atoms with Crippen molar-refractivity contribution in [3.8, 4) is 10.6 Å². The first-order valence-corrected chi connectivity index (χ1v) is 8.89. The highest BCUT2D eigenvalue weighted by Crippen LogP contribution is 2.27. The maximum absolute atomic E-state index is 12.2. The second-order valence-electron chi connectivity index (χ2n) is 6.09. The fourth-order valence-corrected chi connectivity index (χ4v) is 3.97. The molecule has 1 aliphatic rings. The number of amides is 1. The molecule has 0 unspecified atom stereocenters. The third-order valence-corrected chi connectivity index (χ3v) is 5.35. The lowest BCUT2D eigenvalue weighted by molar-refractivity contribution is -0.121. The molecule has 2 aromatic rings. The second-order valence-corrected chi connectivity index (χ2v) is 6.95. The fraction of sp³-hybridized carbons (Fsp3) is 0.444. The number of hydrogen-bond acceptors (Lipinski definition) is 3. The Morgan fingerprint density at radius 2 is 2.05 bits per heavy atom. The lowest BCUT2D eigenvalue weighted by atomic mass is 10.00. The van der Waals surface area contributed by atoms with Crippen molar-refractivity contribution in [1.29, 1.82) is 0 Å². The summed E-state index contributed by atoms with van der Waals surface area (Å²) >= 11 is 1.60. The Morgan fingerprint density at radius 1 is 1.32 bits per heavy atom. The van der Waals surface area contributed by atoms with E-state index >= 15 is 0 Å². The van der Waals surface area contributed by atoms with Crippen LogP contribution in [-0.2, 0) is 11.2 Å². The second kappa shape index (κ2) is 7.05. The number of nitrogens with zero attached hydrogens (tertiary/aromatic N) is 1. The molecule has 1 saturated carbocycles. The molecule has 1 N–H and O–H groups in total. The van der Waals surface area contributed by atoms with Gasteiger partial charge in [0.15, 0.2) is 0 Å². The smallest absolute Gasteiger partial charge is 0.226 e. The van der Waals surface area contributed by atoms with E-state index in [0.29, 0.717) is 12.3 Å². The third kappa shape index (κ3) is 3.74. The van der Waals surface area contributed by atoms with E-state index in [1.54, 1.807) is 11.3 Å². The highest BCUT2D eigenvalue weighted by atomic mass is 32.1. The van der Waals surface area contributed by atoms with Crippen LogP contribution in [0.25, 0.3) is 10.6 Å². The molecule has 0 radical (unpaired) electrons. The number of rotatable bonds is 5. The van der Waals surface area contributed by atoms with E-state index in [2.05, 4.69) is 17.2 Å². The van der Waals surface area contributed by atoms with Gasteiger partial charge in [-0.1, -0.05) is 43.2 Å². The summed E-state index contributed by atoms with van der Waals surface area (Å²) in [5.41, 5.74) is 1.97. The number of thiazole rings is 1. The minimum atomic E-state index is 0.0873. The van der Waals surface area contributed by atoms with Crippen LogP contribution in [0.2, 0.25) is 0 Å². The van der Waals surface area contributed by atoms with Gasteiger partial charge in [0.2, 0.25) is 5.91 Å². The maximum atomic E-state index is 12.2. The first-order chi connectivity index (χ1) is 10.7. The van der Waals surface area contributed by atoms with Crippen LogP contribution in [0.15, 0.2) is 35.7 Å². The number of hydrogen-bond donors (Lipinski definition) is 1. The van der Waals surface area contributed by atoms with Gasteiger partial charge in [0.25, 0.3) is 0 Å². The average Bonchev–Trinajstić information content (AvgIpc) is 3.19. The van der Waals surface area contributed by atoms with Crippen molar-refractivity contribution >= 4 is 17.2 Å². The quantitative estimate of drug-likeness (QED) is 0.904. The summed E-state index contributed by atoms with van der Waals surface area (Å²) in [5.74, 6) is 0.739. The summed E-state index contributed by atoms with van der Waals surface area (Å²) < 4.78 is 0. The summed E-state index contributed by atoms with van der Waals surface area (Å²) in [7, 11) is 0. The Balaban J connectivity index is 1.57. The van der Waals surface area contributed by atoms with E-state index in [9.17, 15) is 4.79 Å². The van der Waals surface area contributed by atoms with Gasteiger partial charge in [-0.05, 0) is 25.7 Å². The summed E-state index contributed by atoms with van der Waals surface area (Å²) in [6.45, 7) is 2.13. The molecule has 3 rings (SSSR count). The van der Waals surface area contributed by atoms with Gasteiger partial charge in [0, 0.05) is 17.0 Å². The summed E-state index contributed by atoms with van der Waals surface area (Å²) in [4.78, 5) is 16.8. The standard InChI is InChI=1S/C18H22N2OS/c1-13(14-7-5-6-8-14)19-17(21)11-16-12-22-18(20-16)15-9-3-2-4-10-15/h2-4,9-10,12-14H,5-8,11H2,1H3,(H,19,21)/t13-/m1/s1. The van der Waals surface area contributed by atoms with Crippen LogP contribution in [0.4, 0.5) is 0 Å². The normalized spacial score (nSPS) is 16.6. The van der Waals surface area contributed by atoms with Gasteiger partial charge in [-0.3, -0.25) is 4.79 Å². The van der Waals surface area contributed by atoms with Crippen molar-refractivity contribution in [1.82, 2.24) is 10.3 Å². The largest absolute Gasteiger partial charge is 0.353 e. The zero-order chi connectivity index (χ0) is 15.4. The van der Waals surface area contributed by atoms with Crippen LogP contribution >= 0.6 is 11.3 Å². The van der Waals surface area contributed by atoms with E-state index < -0.39 is 0 Å². The molecule has 1 fully saturated rings. The minimum absolute atomic E-state index is 0.0873. The predicted octanol–water partition coefficient (Wildman–Crippen LogP) is 4.05. The van der Waals surface area contributed by atoms with Crippen LogP contribution in [-0.4, -0.2) is 16.9 Å². The molecule has 0 bridgehead atoms. The van der Waals surface area contributed by atoms with E-state index in [1.165, 1.54) is 25.7 Å². The van der Waals surface area contributed by atoms with Crippen molar-refractivity contribution in [3.05, 3.63) is 41.4 Å². The number of carbonyl (C=O) groups is 1. The number of aromatic nitrogens is 1. The molecule has 1 aliphatic carbocycles. The van der Waals surface area contributed by atoms with E-state index in [1.807, 2.05) is 35.7 Å². The Labute approximate surface area is 135 Å². The van der Waals surface area contributed by atoms with Crippen molar-refractivity contribution in [2.45, 2.75) is 45.1 Å². The Kier molecular flexibility index (Phi) is 4.88. The van der Waals surface area contributed by atoms with Crippen LogP contribution in [0.5, 0.6) is 0 Å². The molecule has 3 nitrogen and oxygen atoms in total. The summed E-state index contributed by atoms with van der Waals surface area (Å²) in [6.07, 6.45) is 5.47. The van der Waals surface area contributed by atoms with Crippen molar-refractivity contribution in [3.63, 3.8) is 0 Å². The van der Waals surface area contributed by atoms with Gasteiger partial charge in [0.1, 0.15) is 5.01 Å². The molecule has 1 aromatic carbocycles. The SMILES string of the molecule is C[C@@H](NC(=O)Cc1csc(-c2ccccc2)n1)C1CCCC1. The highest BCUT2D eigenvalue weighted by molar-refractivity contribution is 7.13. The zero-order valence-electron chi connectivity index (χ0n) is 12.9. The Morgan fingerprint density at radius 3 is 2.77 bits per heavy atom. The Hall–Kier alpha value is -1.68. The van der Waals surface area contributed by atoms with E-state index in [0.717, 1.165) is 16.3 Å². The number of nitrogens with one attached hydrogen (secondary N) is 1. The van der Waals surface area contributed by atoms with Crippen LogP contribution in [0.3, 0.4) is 0 Å². The molecule has 1 heterocycles. The van der Waals surface area contributed by atoms with E-state index in [-0.39, 0.29) is 11.9 Å². The number of carbonyl (C=O) groups excluding carboxylic acids is 1. The molecule has 22 heavy (non-hydrogen) atoms. The molecule has 0 saturated heterocycles. The third-order valence-electron chi connectivity index (χ3n) is 4.41. The van der Waals surface area contributed by atoms with Crippen LogP contribution in [0, 0.1) is 5.92 Å². The number of benzene rings is 1.